The Morgan fingerprint density at radius 2 is 1.45 bits per heavy atom. The predicted octanol–water partition coefficient (Wildman–Crippen LogP) is 5.04. The highest BCUT2D eigenvalue weighted by atomic mass is 16.2. The van der Waals surface area contributed by atoms with Gasteiger partial charge in [0.1, 0.15) is 5.70 Å². The average Bonchev–Trinajstić information content (AvgIpc) is 3.03. The molecule has 0 saturated heterocycles. The van der Waals surface area contributed by atoms with Crippen LogP contribution >= 0.6 is 0 Å². The highest BCUT2D eigenvalue weighted by Gasteiger charge is 2.43. The maximum Gasteiger partial charge on any atom is 0.282 e. The molecule has 0 aliphatic carbocycles. The zero-order valence-corrected chi connectivity index (χ0v) is 17.8. The van der Waals surface area contributed by atoms with Crippen LogP contribution in [0.5, 0.6) is 0 Å². The number of aryl methyl sites for hydroxylation is 3. The fourth-order valence-corrected chi connectivity index (χ4v) is 4.71. The van der Waals surface area contributed by atoms with Crippen molar-refractivity contribution in [3.05, 3.63) is 101 Å². The summed E-state index contributed by atoms with van der Waals surface area (Å²) in [5, 5.41) is 0. The topological polar surface area (TPSA) is 40.6 Å². The van der Waals surface area contributed by atoms with Crippen molar-refractivity contribution in [2.24, 2.45) is 0 Å². The second-order valence-electron chi connectivity index (χ2n) is 8.27. The number of rotatable bonds is 3. The summed E-state index contributed by atoms with van der Waals surface area (Å²) in [6.45, 7) is 4.67. The van der Waals surface area contributed by atoms with Gasteiger partial charge in [0.15, 0.2) is 0 Å². The first kappa shape index (κ1) is 19.3. The molecule has 0 unspecified atom stereocenters. The van der Waals surface area contributed by atoms with Crippen molar-refractivity contribution in [3.8, 4) is 0 Å². The Bertz CT molecular complexity index is 1210. The molecule has 2 aliphatic heterocycles. The number of amides is 2. The second-order valence-corrected chi connectivity index (χ2v) is 8.27. The third-order valence-electron chi connectivity index (χ3n) is 5.97. The number of hydrogen-bond donors (Lipinski definition) is 0. The number of carbonyl (C=O) groups is 2. The molecule has 2 heterocycles. The SMILES string of the molecule is Cc1cc(C)cc(N2C(=O)C(c3ccccc3)=C(N3CCCc4ccccc43)C2=O)c1. The normalized spacial score (nSPS) is 16.2. The number of imide groups is 1. The fraction of sp³-hybridized carbons (Fsp3) is 0.185. The lowest BCUT2D eigenvalue weighted by Gasteiger charge is -2.32. The van der Waals surface area contributed by atoms with Crippen molar-refractivity contribution in [1.29, 1.82) is 0 Å². The van der Waals surface area contributed by atoms with Gasteiger partial charge in [0.2, 0.25) is 0 Å². The first-order valence-electron chi connectivity index (χ1n) is 10.7. The van der Waals surface area contributed by atoms with Crippen LogP contribution in [0.4, 0.5) is 11.4 Å². The van der Waals surface area contributed by atoms with Crippen LogP contribution in [-0.2, 0) is 16.0 Å². The van der Waals surface area contributed by atoms with Gasteiger partial charge in [-0.3, -0.25) is 9.59 Å². The Hall–Kier alpha value is -3.66. The van der Waals surface area contributed by atoms with Crippen molar-refractivity contribution >= 4 is 28.8 Å². The molecule has 0 aromatic heterocycles. The molecule has 0 atom stereocenters. The zero-order valence-electron chi connectivity index (χ0n) is 17.8. The summed E-state index contributed by atoms with van der Waals surface area (Å²) in [4.78, 5) is 31.0. The fourth-order valence-electron chi connectivity index (χ4n) is 4.71. The molecule has 31 heavy (non-hydrogen) atoms. The largest absolute Gasteiger partial charge is 0.336 e. The van der Waals surface area contributed by atoms with Crippen molar-refractivity contribution in [2.75, 3.05) is 16.3 Å². The number of fused-ring (bicyclic) bond motifs is 1. The molecule has 0 radical (unpaired) electrons. The summed E-state index contributed by atoms with van der Waals surface area (Å²) in [5.74, 6) is -0.523. The standard InChI is InChI=1S/C27H24N2O2/c1-18-15-19(2)17-22(16-18)29-26(30)24(21-10-4-3-5-11-21)25(27(29)31)28-14-8-12-20-9-6-7-13-23(20)28/h3-7,9-11,13,15-17H,8,12,14H2,1-2H3. The van der Waals surface area contributed by atoms with Gasteiger partial charge in [-0.15, -0.1) is 0 Å². The molecule has 2 aliphatic rings. The van der Waals surface area contributed by atoms with Crippen LogP contribution < -0.4 is 9.80 Å². The van der Waals surface area contributed by atoms with Gasteiger partial charge in [0.05, 0.1) is 11.3 Å². The summed E-state index contributed by atoms with van der Waals surface area (Å²) >= 11 is 0. The molecule has 0 bridgehead atoms. The minimum Gasteiger partial charge on any atom is -0.336 e. The monoisotopic (exact) mass is 408 g/mol. The third kappa shape index (κ3) is 3.25. The van der Waals surface area contributed by atoms with Crippen LogP contribution in [0.3, 0.4) is 0 Å². The lowest BCUT2D eigenvalue weighted by atomic mass is 9.98. The lowest BCUT2D eigenvalue weighted by Crippen LogP contribution is -2.37. The summed E-state index contributed by atoms with van der Waals surface area (Å²) in [6, 6.07) is 23.5. The van der Waals surface area contributed by atoms with Crippen molar-refractivity contribution < 1.29 is 9.59 Å². The summed E-state index contributed by atoms with van der Waals surface area (Å²) in [7, 11) is 0. The average molecular weight is 409 g/mol. The third-order valence-corrected chi connectivity index (χ3v) is 5.97. The highest BCUT2D eigenvalue weighted by molar-refractivity contribution is 6.46. The Morgan fingerprint density at radius 1 is 0.774 bits per heavy atom. The van der Waals surface area contributed by atoms with Crippen LogP contribution in [-0.4, -0.2) is 18.4 Å². The number of hydrogen-bond acceptors (Lipinski definition) is 3. The van der Waals surface area contributed by atoms with E-state index in [1.807, 2.05) is 85.5 Å². The van der Waals surface area contributed by atoms with Crippen LogP contribution in [0.2, 0.25) is 0 Å². The van der Waals surface area contributed by atoms with E-state index in [-0.39, 0.29) is 11.8 Å². The minimum atomic E-state index is -0.265. The van der Waals surface area contributed by atoms with Gasteiger partial charge < -0.3 is 4.90 Å². The molecule has 0 fully saturated rings. The van der Waals surface area contributed by atoms with E-state index in [9.17, 15) is 9.59 Å². The molecule has 3 aromatic rings. The van der Waals surface area contributed by atoms with Crippen molar-refractivity contribution in [2.45, 2.75) is 26.7 Å². The Balaban J connectivity index is 1.70. The smallest absolute Gasteiger partial charge is 0.282 e. The van der Waals surface area contributed by atoms with Gasteiger partial charge in [-0.05, 0) is 67.1 Å². The molecular weight excluding hydrogens is 384 g/mol. The molecule has 3 aromatic carbocycles. The van der Waals surface area contributed by atoms with Gasteiger partial charge in [0.25, 0.3) is 11.8 Å². The lowest BCUT2D eigenvalue weighted by molar-refractivity contribution is -0.120. The summed E-state index contributed by atoms with van der Waals surface area (Å²) in [5.41, 5.74) is 6.61. The van der Waals surface area contributed by atoms with Crippen LogP contribution in [0.25, 0.3) is 5.57 Å². The van der Waals surface area contributed by atoms with Gasteiger partial charge in [-0.25, -0.2) is 4.90 Å². The predicted molar refractivity (Wildman–Crippen MR) is 124 cm³/mol. The number of anilines is 2. The van der Waals surface area contributed by atoms with E-state index in [0.29, 0.717) is 23.5 Å². The van der Waals surface area contributed by atoms with Crippen LogP contribution in [0.15, 0.2) is 78.5 Å². The van der Waals surface area contributed by atoms with Gasteiger partial charge >= 0.3 is 0 Å². The number of carbonyl (C=O) groups excluding carboxylic acids is 2. The van der Waals surface area contributed by atoms with Gasteiger partial charge in [-0.1, -0.05) is 54.6 Å². The first-order valence-corrected chi connectivity index (χ1v) is 10.7. The van der Waals surface area contributed by atoms with E-state index in [0.717, 1.165) is 35.2 Å². The Labute approximate surface area is 182 Å². The number of benzene rings is 3. The van der Waals surface area contributed by atoms with E-state index in [1.54, 1.807) is 0 Å². The minimum absolute atomic E-state index is 0.259. The van der Waals surface area contributed by atoms with Crippen molar-refractivity contribution in [1.82, 2.24) is 0 Å². The summed E-state index contributed by atoms with van der Waals surface area (Å²) < 4.78 is 0. The number of para-hydroxylation sites is 1. The van der Waals surface area contributed by atoms with Crippen LogP contribution in [0.1, 0.15) is 28.7 Å². The van der Waals surface area contributed by atoms with Gasteiger partial charge in [-0.2, -0.15) is 0 Å². The molecule has 0 N–H and O–H groups in total. The molecule has 4 heteroatoms. The Morgan fingerprint density at radius 3 is 2.19 bits per heavy atom. The molecule has 0 saturated carbocycles. The van der Waals surface area contributed by atoms with Crippen LogP contribution in [0, 0.1) is 13.8 Å². The zero-order chi connectivity index (χ0) is 21.5. The van der Waals surface area contributed by atoms with E-state index in [4.69, 9.17) is 0 Å². The summed E-state index contributed by atoms with van der Waals surface area (Å²) in [6.07, 6.45) is 1.91. The molecule has 0 spiro atoms. The molecule has 5 rings (SSSR count). The van der Waals surface area contributed by atoms with Gasteiger partial charge in [0, 0.05) is 12.2 Å². The molecule has 154 valence electrons. The van der Waals surface area contributed by atoms with E-state index in [2.05, 4.69) is 6.07 Å². The van der Waals surface area contributed by atoms with E-state index < -0.39 is 0 Å². The maximum atomic E-state index is 13.8. The molecular formula is C27H24N2O2. The first-order chi connectivity index (χ1) is 15.0. The van der Waals surface area contributed by atoms with E-state index >= 15 is 0 Å². The van der Waals surface area contributed by atoms with E-state index in [1.165, 1.54) is 10.5 Å². The van der Waals surface area contributed by atoms with Crippen molar-refractivity contribution in [3.63, 3.8) is 0 Å². The molecule has 2 amide bonds. The number of nitrogens with zero attached hydrogens (tertiary/aromatic N) is 2. The second kappa shape index (κ2) is 7.55. The maximum absolute atomic E-state index is 13.8. The Kier molecular flexibility index (Phi) is 4.70. The quantitative estimate of drug-likeness (QED) is 0.570. The highest BCUT2D eigenvalue weighted by Crippen LogP contribution is 2.39. The molecule has 4 nitrogen and oxygen atoms in total.